The Morgan fingerprint density at radius 3 is 2.29 bits per heavy atom. The molecule has 1 saturated heterocycles. The Morgan fingerprint density at radius 1 is 1.36 bits per heavy atom. The molecule has 0 bridgehead atoms. The summed E-state index contributed by atoms with van der Waals surface area (Å²) in [5.41, 5.74) is -1.01. The Labute approximate surface area is 85.3 Å². The van der Waals surface area contributed by atoms with Crippen LogP contribution >= 0.6 is 0 Å². The maximum Gasteiger partial charge on any atom is 0.279 e. The Morgan fingerprint density at radius 2 is 1.86 bits per heavy atom. The molecule has 84 valence electrons. The maximum atomic E-state index is 11.6. The number of nitrogens with zero attached hydrogens (tertiary/aromatic N) is 1. The molecule has 0 amide bonds. The summed E-state index contributed by atoms with van der Waals surface area (Å²) in [7, 11) is -3.37. The first-order chi connectivity index (χ1) is 6.31. The van der Waals surface area contributed by atoms with Gasteiger partial charge in [0.15, 0.2) is 0 Å². The average molecular weight is 222 g/mol. The SMILES string of the molecule is CC(C)(O)CNS(=O)(=O)N1CCCC1. The number of nitrogens with one attached hydrogen (secondary N) is 1. The van der Waals surface area contributed by atoms with E-state index in [0.29, 0.717) is 13.1 Å². The summed E-state index contributed by atoms with van der Waals surface area (Å²) in [6, 6.07) is 0. The molecule has 0 radical (unpaired) electrons. The molecule has 1 aliphatic rings. The van der Waals surface area contributed by atoms with E-state index in [-0.39, 0.29) is 6.54 Å². The minimum Gasteiger partial charge on any atom is -0.389 e. The largest absolute Gasteiger partial charge is 0.389 e. The van der Waals surface area contributed by atoms with E-state index in [2.05, 4.69) is 4.72 Å². The second-order valence-corrected chi connectivity index (χ2v) is 6.00. The van der Waals surface area contributed by atoms with Crippen molar-refractivity contribution < 1.29 is 13.5 Å². The van der Waals surface area contributed by atoms with Gasteiger partial charge in [0.1, 0.15) is 0 Å². The summed E-state index contributed by atoms with van der Waals surface area (Å²) in [6.07, 6.45) is 1.84. The molecule has 2 N–H and O–H groups in total. The van der Waals surface area contributed by atoms with E-state index in [1.165, 1.54) is 4.31 Å². The van der Waals surface area contributed by atoms with Crippen LogP contribution in [0.2, 0.25) is 0 Å². The summed E-state index contributed by atoms with van der Waals surface area (Å²) >= 11 is 0. The lowest BCUT2D eigenvalue weighted by molar-refractivity contribution is 0.0852. The number of hydrogen-bond acceptors (Lipinski definition) is 3. The molecular formula is C8H18N2O3S. The molecule has 0 spiro atoms. The van der Waals surface area contributed by atoms with Crippen LogP contribution < -0.4 is 4.72 Å². The molecule has 1 fully saturated rings. The van der Waals surface area contributed by atoms with Crippen molar-refractivity contribution in [2.45, 2.75) is 32.3 Å². The summed E-state index contributed by atoms with van der Waals surface area (Å²) in [5, 5.41) is 9.38. The highest BCUT2D eigenvalue weighted by Crippen LogP contribution is 2.11. The normalized spacial score (nSPS) is 20.2. The van der Waals surface area contributed by atoms with Gasteiger partial charge in [0.25, 0.3) is 10.2 Å². The maximum absolute atomic E-state index is 11.6. The molecule has 0 aromatic heterocycles. The van der Waals surface area contributed by atoms with Gasteiger partial charge in [0.05, 0.1) is 5.60 Å². The third-order valence-electron chi connectivity index (χ3n) is 2.09. The van der Waals surface area contributed by atoms with Gasteiger partial charge in [-0.15, -0.1) is 0 Å². The zero-order chi connectivity index (χ0) is 10.8. The fraction of sp³-hybridized carbons (Fsp3) is 1.00. The molecule has 1 aliphatic heterocycles. The number of hydrogen-bond donors (Lipinski definition) is 2. The first kappa shape index (κ1) is 11.9. The minimum atomic E-state index is -3.37. The lowest BCUT2D eigenvalue weighted by Gasteiger charge is -2.21. The molecular weight excluding hydrogens is 204 g/mol. The van der Waals surface area contributed by atoms with Crippen molar-refractivity contribution in [1.82, 2.24) is 9.03 Å². The summed E-state index contributed by atoms with van der Waals surface area (Å²) in [4.78, 5) is 0. The Kier molecular flexibility index (Phi) is 3.52. The van der Waals surface area contributed by atoms with Crippen LogP contribution in [0.3, 0.4) is 0 Å². The van der Waals surface area contributed by atoms with Crippen LogP contribution in [0.1, 0.15) is 26.7 Å². The van der Waals surface area contributed by atoms with Crippen molar-refractivity contribution in [1.29, 1.82) is 0 Å². The van der Waals surface area contributed by atoms with Crippen LogP contribution in [-0.4, -0.2) is 43.1 Å². The van der Waals surface area contributed by atoms with Crippen molar-refractivity contribution in [2.75, 3.05) is 19.6 Å². The third kappa shape index (κ3) is 3.53. The average Bonchev–Trinajstić information content (AvgIpc) is 2.52. The van der Waals surface area contributed by atoms with Gasteiger partial charge >= 0.3 is 0 Å². The topological polar surface area (TPSA) is 69.6 Å². The first-order valence-electron chi connectivity index (χ1n) is 4.78. The van der Waals surface area contributed by atoms with Crippen molar-refractivity contribution in [3.05, 3.63) is 0 Å². The molecule has 0 saturated carbocycles. The van der Waals surface area contributed by atoms with Gasteiger partial charge in [-0.1, -0.05) is 0 Å². The van der Waals surface area contributed by atoms with Gasteiger partial charge < -0.3 is 5.11 Å². The van der Waals surface area contributed by atoms with Crippen LogP contribution in [0.25, 0.3) is 0 Å². The quantitative estimate of drug-likeness (QED) is 0.685. The Bertz CT molecular complexity index is 275. The van der Waals surface area contributed by atoms with E-state index in [9.17, 15) is 13.5 Å². The van der Waals surface area contributed by atoms with Crippen molar-refractivity contribution in [3.8, 4) is 0 Å². The summed E-state index contributed by atoms with van der Waals surface area (Å²) in [6.45, 7) is 4.35. The molecule has 0 aromatic carbocycles. The van der Waals surface area contributed by atoms with E-state index in [1.807, 2.05) is 0 Å². The van der Waals surface area contributed by atoms with Crippen molar-refractivity contribution >= 4 is 10.2 Å². The first-order valence-corrected chi connectivity index (χ1v) is 6.22. The molecule has 0 aromatic rings. The smallest absolute Gasteiger partial charge is 0.279 e. The monoisotopic (exact) mass is 222 g/mol. The van der Waals surface area contributed by atoms with Crippen LogP contribution in [0.5, 0.6) is 0 Å². The number of rotatable bonds is 4. The molecule has 6 heteroatoms. The van der Waals surface area contributed by atoms with Gasteiger partial charge in [-0.25, -0.2) is 0 Å². The van der Waals surface area contributed by atoms with Crippen LogP contribution in [-0.2, 0) is 10.2 Å². The predicted octanol–water partition coefficient (Wildman–Crippen LogP) is -0.313. The summed E-state index contributed by atoms with van der Waals surface area (Å²) < 4.78 is 27.0. The van der Waals surface area contributed by atoms with E-state index in [0.717, 1.165) is 12.8 Å². The van der Waals surface area contributed by atoms with Crippen LogP contribution in [0.15, 0.2) is 0 Å². The van der Waals surface area contributed by atoms with Gasteiger partial charge in [0.2, 0.25) is 0 Å². The van der Waals surface area contributed by atoms with Gasteiger partial charge in [-0.3, -0.25) is 0 Å². The molecule has 0 unspecified atom stereocenters. The zero-order valence-corrected chi connectivity index (χ0v) is 9.47. The minimum absolute atomic E-state index is 0.0475. The molecule has 0 atom stereocenters. The fourth-order valence-electron chi connectivity index (χ4n) is 1.29. The van der Waals surface area contributed by atoms with E-state index in [1.54, 1.807) is 13.8 Å². The van der Waals surface area contributed by atoms with Gasteiger partial charge in [-0.05, 0) is 26.7 Å². The summed E-state index contributed by atoms with van der Waals surface area (Å²) in [5.74, 6) is 0. The Hall–Kier alpha value is -0.170. The molecule has 1 rings (SSSR count). The van der Waals surface area contributed by atoms with E-state index >= 15 is 0 Å². The Balaban J connectivity index is 2.50. The van der Waals surface area contributed by atoms with E-state index < -0.39 is 15.8 Å². The fourth-order valence-corrected chi connectivity index (χ4v) is 2.74. The standard InChI is InChI=1S/C8H18N2O3S/c1-8(2,11)7-9-14(12,13)10-5-3-4-6-10/h9,11H,3-7H2,1-2H3. The van der Waals surface area contributed by atoms with Crippen LogP contribution in [0.4, 0.5) is 0 Å². The second-order valence-electron chi connectivity index (χ2n) is 4.24. The van der Waals surface area contributed by atoms with Gasteiger partial charge in [0, 0.05) is 19.6 Å². The lowest BCUT2D eigenvalue weighted by Crippen LogP contribution is -2.45. The van der Waals surface area contributed by atoms with Crippen molar-refractivity contribution in [3.63, 3.8) is 0 Å². The molecule has 14 heavy (non-hydrogen) atoms. The predicted molar refractivity (Wildman–Crippen MR) is 54.0 cm³/mol. The van der Waals surface area contributed by atoms with Gasteiger partial charge in [-0.2, -0.15) is 17.4 Å². The van der Waals surface area contributed by atoms with Crippen LogP contribution in [0, 0.1) is 0 Å². The van der Waals surface area contributed by atoms with Crippen molar-refractivity contribution in [2.24, 2.45) is 0 Å². The molecule has 1 heterocycles. The highest BCUT2D eigenvalue weighted by Gasteiger charge is 2.26. The molecule has 5 nitrogen and oxygen atoms in total. The third-order valence-corrected chi connectivity index (χ3v) is 3.65. The highest BCUT2D eigenvalue weighted by molar-refractivity contribution is 7.87. The number of aliphatic hydroxyl groups is 1. The zero-order valence-electron chi connectivity index (χ0n) is 8.65. The van der Waals surface area contributed by atoms with E-state index in [4.69, 9.17) is 0 Å². The highest BCUT2D eigenvalue weighted by atomic mass is 32.2. The second kappa shape index (κ2) is 4.14. The molecule has 0 aliphatic carbocycles. The lowest BCUT2D eigenvalue weighted by atomic mass is 10.1.